The Morgan fingerprint density at radius 2 is 1.72 bits per heavy atom. The smallest absolute Gasteiger partial charge is 0.319 e. The topological polar surface area (TPSA) is 96.2 Å². The molecule has 1 aromatic carbocycles. The summed E-state index contributed by atoms with van der Waals surface area (Å²) in [5.74, 6) is -0.0688. The number of anilines is 1. The molecule has 0 aromatic heterocycles. The first-order chi connectivity index (χ1) is 11.4. The summed E-state index contributed by atoms with van der Waals surface area (Å²) in [6.45, 7) is 4.25. The Kier molecular flexibility index (Phi) is 8.19. The molecule has 1 saturated carbocycles. The number of carbonyl (C=O) groups excluding carboxylic acids is 2. The third-order valence-electron chi connectivity index (χ3n) is 4.28. The Labute approximate surface area is 155 Å². The average molecular weight is 369 g/mol. The minimum absolute atomic E-state index is 0. The molecule has 7 heteroatoms. The van der Waals surface area contributed by atoms with E-state index in [1.165, 1.54) is 0 Å². The summed E-state index contributed by atoms with van der Waals surface area (Å²) in [4.78, 5) is 23.9. The Morgan fingerprint density at radius 3 is 2.28 bits per heavy atom. The third kappa shape index (κ3) is 6.55. The number of nitrogens with one attached hydrogen (secondary N) is 3. The molecule has 0 bridgehead atoms. The number of hydrogen-bond donors (Lipinski definition) is 4. The van der Waals surface area contributed by atoms with E-state index in [4.69, 9.17) is 5.73 Å². The number of amides is 3. The highest BCUT2D eigenvalue weighted by atomic mass is 35.5. The van der Waals surface area contributed by atoms with Crippen LogP contribution in [0.15, 0.2) is 24.3 Å². The zero-order valence-corrected chi connectivity index (χ0v) is 15.7. The molecular weight excluding hydrogens is 340 g/mol. The van der Waals surface area contributed by atoms with E-state index in [2.05, 4.69) is 16.0 Å². The summed E-state index contributed by atoms with van der Waals surface area (Å²) in [5, 5.41) is 8.46. The van der Waals surface area contributed by atoms with Crippen molar-refractivity contribution in [1.29, 1.82) is 0 Å². The summed E-state index contributed by atoms with van der Waals surface area (Å²) in [6.07, 6.45) is 4.70. The molecule has 1 aliphatic rings. The van der Waals surface area contributed by atoms with Crippen molar-refractivity contribution in [3.63, 3.8) is 0 Å². The molecule has 6 nitrogen and oxygen atoms in total. The first kappa shape index (κ1) is 21.3. The van der Waals surface area contributed by atoms with Crippen molar-refractivity contribution < 1.29 is 9.59 Å². The van der Waals surface area contributed by atoms with Crippen LogP contribution in [0.2, 0.25) is 0 Å². The minimum Gasteiger partial charge on any atom is -0.350 e. The minimum atomic E-state index is -0.714. The maximum atomic E-state index is 12.3. The molecule has 0 atom stereocenters. The van der Waals surface area contributed by atoms with Crippen LogP contribution in [-0.2, 0) is 11.3 Å². The molecule has 5 N–H and O–H groups in total. The van der Waals surface area contributed by atoms with E-state index in [0.717, 1.165) is 37.7 Å². The van der Waals surface area contributed by atoms with Crippen molar-refractivity contribution in [2.24, 2.45) is 5.73 Å². The Hall–Kier alpha value is -1.79. The van der Waals surface area contributed by atoms with Gasteiger partial charge in [0.25, 0.3) is 0 Å². The monoisotopic (exact) mass is 368 g/mol. The summed E-state index contributed by atoms with van der Waals surface area (Å²) in [5.41, 5.74) is 7.19. The molecule has 0 spiro atoms. The maximum Gasteiger partial charge on any atom is 0.319 e. The molecule has 140 valence electrons. The van der Waals surface area contributed by atoms with Gasteiger partial charge in [0.2, 0.25) is 5.91 Å². The number of rotatable bonds is 5. The second kappa shape index (κ2) is 9.63. The summed E-state index contributed by atoms with van der Waals surface area (Å²) in [6, 6.07) is 7.27. The van der Waals surface area contributed by atoms with Gasteiger partial charge in [-0.2, -0.15) is 0 Å². The number of carbonyl (C=O) groups is 2. The molecule has 0 unspecified atom stereocenters. The van der Waals surface area contributed by atoms with E-state index >= 15 is 0 Å². The lowest BCUT2D eigenvalue weighted by Crippen LogP contribution is -2.54. The number of benzene rings is 1. The Balaban J connectivity index is 0.00000312. The zero-order chi connectivity index (χ0) is 17.6. The predicted octanol–water partition coefficient (Wildman–Crippen LogP) is 2.92. The van der Waals surface area contributed by atoms with Crippen molar-refractivity contribution in [3.05, 3.63) is 29.8 Å². The van der Waals surface area contributed by atoms with Crippen LogP contribution in [0, 0.1) is 0 Å². The summed E-state index contributed by atoms with van der Waals surface area (Å²) < 4.78 is 0. The molecule has 0 aliphatic heterocycles. The highest BCUT2D eigenvalue weighted by molar-refractivity contribution is 5.89. The first-order valence-electron chi connectivity index (χ1n) is 8.63. The van der Waals surface area contributed by atoms with Gasteiger partial charge in [-0.3, -0.25) is 4.79 Å². The highest BCUT2D eigenvalue weighted by Gasteiger charge is 2.34. The van der Waals surface area contributed by atoms with Gasteiger partial charge >= 0.3 is 6.03 Å². The van der Waals surface area contributed by atoms with Gasteiger partial charge in [-0.05, 0) is 44.4 Å². The number of urea groups is 1. The lowest BCUT2D eigenvalue weighted by Gasteiger charge is -2.31. The van der Waals surface area contributed by atoms with E-state index < -0.39 is 5.54 Å². The lowest BCUT2D eigenvalue weighted by atomic mass is 9.82. The molecule has 1 fully saturated rings. The molecular formula is C18H29ClN4O2. The van der Waals surface area contributed by atoms with E-state index in [0.29, 0.717) is 12.2 Å². The molecule has 25 heavy (non-hydrogen) atoms. The van der Waals surface area contributed by atoms with Crippen LogP contribution in [0.3, 0.4) is 0 Å². The van der Waals surface area contributed by atoms with Crippen LogP contribution in [0.5, 0.6) is 0 Å². The molecule has 3 amide bonds. The Bertz CT molecular complexity index is 569. The highest BCUT2D eigenvalue weighted by Crippen LogP contribution is 2.26. The largest absolute Gasteiger partial charge is 0.350 e. The molecule has 0 heterocycles. The molecule has 1 aromatic rings. The van der Waals surface area contributed by atoms with Gasteiger partial charge in [0, 0.05) is 18.3 Å². The van der Waals surface area contributed by atoms with Crippen LogP contribution in [0.1, 0.15) is 51.5 Å². The average Bonchev–Trinajstić information content (AvgIpc) is 2.53. The van der Waals surface area contributed by atoms with Gasteiger partial charge in [0.05, 0.1) is 5.54 Å². The molecule has 0 saturated heterocycles. The van der Waals surface area contributed by atoms with Crippen molar-refractivity contribution in [2.45, 2.75) is 64.1 Å². The summed E-state index contributed by atoms with van der Waals surface area (Å²) in [7, 11) is 0. The fraction of sp³-hybridized carbons (Fsp3) is 0.556. The van der Waals surface area contributed by atoms with Gasteiger partial charge in [0.1, 0.15) is 0 Å². The number of halogens is 1. The molecule has 2 rings (SSSR count). The van der Waals surface area contributed by atoms with Gasteiger partial charge in [0.15, 0.2) is 0 Å². The van der Waals surface area contributed by atoms with Gasteiger partial charge < -0.3 is 21.7 Å². The third-order valence-corrected chi connectivity index (χ3v) is 4.28. The maximum absolute atomic E-state index is 12.3. The van der Waals surface area contributed by atoms with Crippen molar-refractivity contribution in [2.75, 3.05) is 5.32 Å². The molecule has 0 radical (unpaired) electrons. The number of hydrogen-bond acceptors (Lipinski definition) is 3. The SMILES string of the molecule is CC(C)NC(=O)Nc1ccc(CNC(=O)C2(N)CCCCC2)cc1.Cl. The molecule has 1 aliphatic carbocycles. The van der Waals surface area contributed by atoms with E-state index in [1.807, 2.05) is 38.1 Å². The normalized spacial score (nSPS) is 15.8. The van der Waals surface area contributed by atoms with Gasteiger partial charge in [-0.15, -0.1) is 12.4 Å². The van der Waals surface area contributed by atoms with Crippen LogP contribution in [0.4, 0.5) is 10.5 Å². The van der Waals surface area contributed by atoms with Crippen LogP contribution < -0.4 is 21.7 Å². The fourth-order valence-corrected chi connectivity index (χ4v) is 2.90. The van der Waals surface area contributed by atoms with Gasteiger partial charge in [-0.25, -0.2) is 4.79 Å². The quantitative estimate of drug-likeness (QED) is 0.643. The van der Waals surface area contributed by atoms with Crippen molar-refractivity contribution in [1.82, 2.24) is 10.6 Å². The second-order valence-corrected chi connectivity index (χ2v) is 6.85. The van der Waals surface area contributed by atoms with Gasteiger partial charge in [-0.1, -0.05) is 31.4 Å². The second-order valence-electron chi connectivity index (χ2n) is 6.85. The van der Waals surface area contributed by atoms with E-state index in [-0.39, 0.29) is 30.4 Å². The zero-order valence-electron chi connectivity index (χ0n) is 14.9. The Morgan fingerprint density at radius 1 is 1.12 bits per heavy atom. The predicted molar refractivity (Wildman–Crippen MR) is 103 cm³/mol. The number of nitrogens with two attached hydrogens (primary N) is 1. The fourth-order valence-electron chi connectivity index (χ4n) is 2.90. The lowest BCUT2D eigenvalue weighted by molar-refractivity contribution is -0.127. The van der Waals surface area contributed by atoms with Crippen LogP contribution >= 0.6 is 12.4 Å². The van der Waals surface area contributed by atoms with Crippen molar-refractivity contribution >= 4 is 30.0 Å². The van der Waals surface area contributed by atoms with E-state index in [9.17, 15) is 9.59 Å². The van der Waals surface area contributed by atoms with Crippen molar-refractivity contribution in [3.8, 4) is 0 Å². The van der Waals surface area contributed by atoms with Crippen LogP contribution in [0.25, 0.3) is 0 Å². The van der Waals surface area contributed by atoms with Crippen LogP contribution in [-0.4, -0.2) is 23.5 Å². The van der Waals surface area contributed by atoms with E-state index in [1.54, 1.807) is 0 Å². The standard InChI is InChI=1S/C18H28N4O2.ClH/c1-13(2)21-17(24)22-15-8-6-14(7-9-15)12-20-16(23)18(19)10-4-3-5-11-18;/h6-9,13H,3-5,10-12,19H2,1-2H3,(H,20,23)(H2,21,22,24);1H. The first-order valence-corrected chi connectivity index (χ1v) is 8.63. The summed E-state index contributed by atoms with van der Waals surface area (Å²) >= 11 is 0.